The van der Waals surface area contributed by atoms with Crippen LogP contribution in [0.5, 0.6) is 0 Å². The maximum Gasteiger partial charge on any atom is 0.168 e. The second-order valence-electron chi connectivity index (χ2n) is 4.77. The van der Waals surface area contributed by atoms with Gasteiger partial charge in [0.15, 0.2) is 23.3 Å². The second kappa shape index (κ2) is 5.50. The first-order valence-electron chi connectivity index (χ1n) is 6.51. The van der Waals surface area contributed by atoms with Crippen molar-refractivity contribution in [3.63, 3.8) is 0 Å². The molecule has 1 aliphatic rings. The van der Waals surface area contributed by atoms with Crippen molar-refractivity contribution in [3.8, 4) is 0 Å². The Kier molecular flexibility index (Phi) is 3.99. The molecule has 1 fully saturated rings. The fourth-order valence-corrected chi connectivity index (χ4v) is 2.55. The van der Waals surface area contributed by atoms with E-state index in [0.29, 0.717) is 0 Å². The summed E-state index contributed by atoms with van der Waals surface area (Å²) in [6.07, 6.45) is 5.25. The topological polar surface area (TPSA) is 42.2 Å². The fraction of sp³-hybridized carbons (Fsp3) is 0.615. The van der Waals surface area contributed by atoms with Crippen molar-refractivity contribution in [2.75, 3.05) is 17.2 Å². The van der Waals surface area contributed by atoms with Crippen molar-refractivity contribution >= 4 is 11.6 Å². The van der Waals surface area contributed by atoms with Gasteiger partial charge >= 0.3 is 0 Å². The number of aromatic nitrogens is 1. The zero-order chi connectivity index (χ0) is 13.1. The normalized spacial score (nSPS) is 20.8. The van der Waals surface area contributed by atoms with Gasteiger partial charge in [0.25, 0.3) is 0 Å². The lowest BCUT2D eigenvalue weighted by Crippen LogP contribution is -2.36. The second-order valence-corrected chi connectivity index (χ2v) is 4.77. The minimum atomic E-state index is -0.792. The molecular formula is C13H19F2N3. The highest BCUT2D eigenvalue weighted by molar-refractivity contribution is 5.48. The third kappa shape index (κ3) is 2.54. The van der Waals surface area contributed by atoms with E-state index in [1.807, 2.05) is 4.90 Å². The lowest BCUT2D eigenvalue weighted by atomic mass is 10.1. The van der Waals surface area contributed by atoms with Crippen molar-refractivity contribution in [3.05, 3.63) is 17.7 Å². The fourth-order valence-electron chi connectivity index (χ4n) is 2.55. The summed E-state index contributed by atoms with van der Waals surface area (Å²) in [6, 6.07) is 1.09. The van der Waals surface area contributed by atoms with Crippen LogP contribution in [0.25, 0.3) is 0 Å². The molecule has 2 N–H and O–H groups in total. The molecule has 1 unspecified atom stereocenters. The summed E-state index contributed by atoms with van der Waals surface area (Å²) in [5, 5.41) is 0. The summed E-state index contributed by atoms with van der Waals surface area (Å²) in [6.45, 7) is 2.83. The molecule has 100 valence electrons. The number of pyridine rings is 1. The Balaban J connectivity index is 2.35. The predicted octanol–water partition coefficient (Wildman–Crippen LogP) is 3.10. The first-order valence-corrected chi connectivity index (χ1v) is 6.51. The van der Waals surface area contributed by atoms with Crippen LogP contribution < -0.4 is 10.6 Å². The molecule has 5 heteroatoms. The molecule has 3 nitrogen and oxygen atoms in total. The summed E-state index contributed by atoms with van der Waals surface area (Å²) in [4.78, 5) is 5.83. The zero-order valence-electron chi connectivity index (χ0n) is 10.6. The van der Waals surface area contributed by atoms with Gasteiger partial charge in [-0.05, 0) is 19.3 Å². The highest BCUT2D eigenvalue weighted by atomic mass is 19.1. The largest absolute Gasteiger partial charge is 0.381 e. The van der Waals surface area contributed by atoms with Gasteiger partial charge in [-0.15, -0.1) is 0 Å². The Morgan fingerprint density at radius 3 is 2.83 bits per heavy atom. The Morgan fingerprint density at radius 2 is 2.11 bits per heavy atom. The third-order valence-electron chi connectivity index (χ3n) is 3.56. The van der Waals surface area contributed by atoms with Crippen molar-refractivity contribution in [1.29, 1.82) is 0 Å². The van der Waals surface area contributed by atoms with Gasteiger partial charge in [-0.2, -0.15) is 0 Å². The van der Waals surface area contributed by atoms with Crippen LogP contribution in [0.4, 0.5) is 20.4 Å². The molecule has 0 aromatic carbocycles. The first kappa shape index (κ1) is 13.1. The van der Waals surface area contributed by atoms with Crippen LogP contribution in [0.3, 0.4) is 0 Å². The smallest absolute Gasteiger partial charge is 0.168 e. The maximum atomic E-state index is 13.9. The molecule has 0 amide bonds. The first-order chi connectivity index (χ1) is 8.63. The molecule has 0 radical (unpaired) electrons. The monoisotopic (exact) mass is 255 g/mol. The lowest BCUT2D eigenvalue weighted by Gasteiger charge is -2.30. The minimum absolute atomic E-state index is 0.197. The van der Waals surface area contributed by atoms with E-state index in [4.69, 9.17) is 5.73 Å². The standard InChI is InChI=1S/C13H19F2N3/c1-2-9-6-4-3-5-7-18(9)13-11(15)8-10(14)12(16)17-13/h8-9H,2-7H2,1H3,(H2,16,17). The molecule has 1 aromatic heterocycles. The van der Waals surface area contributed by atoms with Crippen molar-refractivity contribution in [2.45, 2.75) is 45.1 Å². The van der Waals surface area contributed by atoms with Crippen molar-refractivity contribution in [2.24, 2.45) is 0 Å². The number of nitrogen functional groups attached to an aromatic ring is 1. The quantitative estimate of drug-likeness (QED) is 0.883. The van der Waals surface area contributed by atoms with Gasteiger partial charge in [-0.25, -0.2) is 13.8 Å². The van der Waals surface area contributed by atoms with Gasteiger partial charge in [-0.1, -0.05) is 19.8 Å². The van der Waals surface area contributed by atoms with E-state index in [9.17, 15) is 8.78 Å². The van der Waals surface area contributed by atoms with Gasteiger partial charge < -0.3 is 10.6 Å². The molecule has 1 atom stereocenters. The molecule has 18 heavy (non-hydrogen) atoms. The number of nitrogens with zero attached hydrogens (tertiary/aromatic N) is 2. The molecular weight excluding hydrogens is 236 g/mol. The molecule has 2 heterocycles. The Morgan fingerprint density at radius 1 is 1.33 bits per heavy atom. The van der Waals surface area contributed by atoms with Crippen molar-refractivity contribution < 1.29 is 8.78 Å². The van der Waals surface area contributed by atoms with Gasteiger partial charge in [-0.3, -0.25) is 0 Å². The van der Waals surface area contributed by atoms with Crippen LogP contribution in [0, 0.1) is 11.6 Å². The SMILES string of the molecule is CCC1CCCCCN1c1nc(N)c(F)cc1F. The van der Waals surface area contributed by atoms with Crippen LogP contribution in [0.1, 0.15) is 39.0 Å². The molecule has 1 aromatic rings. The summed E-state index contributed by atoms with van der Waals surface area (Å²) in [5.41, 5.74) is 5.44. The molecule has 2 rings (SSSR count). The highest BCUT2D eigenvalue weighted by Crippen LogP contribution is 2.28. The van der Waals surface area contributed by atoms with E-state index >= 15 is 0 Å². The number of nitrogens with two attached hydrogens (primary N) is 1. The van der Waals surface area contributed by atoms with Crippen molar-refractivity contribution in [1.82, 2.24) is 4.98 Å². The predicted molar refractivity (Wildman–Crippen MR) is 68.5 cm³/mol. The molecule has 1 aliphatic heterocycles. The van der Waals surface area contributed by atoms with Crippen LogP contribution >= 0.6 is 0 Å². The van der Waals surface area contributed by atoms with E-state index in [1.165, 1.54) is 0 Å². The summed E-state index contributed by atoms with van der Waals surface area (Å²) < 4.78 is 27.0. The van der Waals surface area contributed by atoms with Gasteiger partial charge in [0, 0.05) is 18.7 Å². The van der Waals surface area contributed by atoms with Gasteiger partial charge in [0.2, 0.25) is 0 Å². The Bertz CT molecular complexity index is 423. The number of halogens is 2. The summed E-state index contributed by atoms with van der Waals surface area (Å²) >= 11 is 0. The van der Waals surface area contributed by atoms with Gasteiger partial charge in [0.05, 0.1) is 0 Å². The third-order valence-corrected chi connectivity index (χ3v) is 3.56. The number of rotatable bonds is 2. The number of hydrogen-bond donors (Lipinski definition) is 1. The Labute approximate surface area is 106 Å². The van der Waals surface area contributed by atoms with E-state index in [1.54, 1.807) is 0 Å². The van der Waals surface area contributed by atoms with Crippen LogP contribution in [0.2, 0.25) is 0 Å². The summed E-state index contributed by atoms with van der Waals surface area (Å²) in [5.74, 6) is -1.45. The van der Waals surface area contributed by atoms with E-state index in [0.717, 1.165) is 44.7 Å². The van der Waals surface area contributed by atoms with E-state index < -0.39 is 11.6 Å². The highest BCUT2D eigenvalue weighted by Gasteiger charge is 2.24. The molecule has 0 spiro atoms. The van der Waals surface area contributed by atoms with E-state index in [-0.39, 0.29) is 17.7 Å². The Hall–Kier alpha value is -1.39. The lowest BCUT2D eigenvalue weighted by molar-refractivity contribution is 0.525. The average Bonchev–Trinajstić information content (AvgIpc) is 2.58. The molecule has 0 saturated carbocycles. The maximum absolute atomic E-state index is 13.9. The average molecular weight is 255 g/mol. The van der Waals surface area contributed by atoms with E-state index in [2.05, 4.69) is 11.9 Å². The van der Waals surface area contributed by atoms with Crippen LogP contribution in [0.15, 0.2) is 6.07 Å². The van der Waals surface area contributed by atoms with Crippen LogP contribution in [-0.4, -0.2) is 17.6 Å². The zero-order valence-corrected chi connectivity index (χ0v) is 10.6. The summed E-state index contributed by atoms with van der Waals surface area (Å²) in [7, 11) is 0. The van der Waals surface area contributed by atoms with Crippen LogP contribution in [-0.2, 0) is 0 Å². The minimum Gasteiger partial charge on any atom is -0.381 e. The molecule has 1 saturated heterocycles. The number of anilines is 2. The molecule has 0 bridgehead atoms. The molecule has 0 aliphatic carbocycles. The van der Waals surface area contributed by atoms with Gasteiger partial charge in [0.1, 0.15) is 0 Å². The number of hydrogen-bond acceptors (Lipinski definition) is 3.